The number of benzene rings is 2. The largest absolute Gasteiger partial charge is 0.321 e. The Morgan fingerprint density at radius 2 is 1.90 bits per heavy atom. The summed E-state index contributed by atoms with van der Waals surface area (Å²) < 4.78 is 1.64. The van der Waals surface area contributed by atoms with Crippen LogP contribution < -0.4 is 5.32 Å². The van der Waals surface area contributed by atoms with Crippen molar-refractivity contribution in [1.29, 1.82) is 5.26 Å². The average molecular weight is 394 g/mol. The Morgan fingerprint density at radius 3 is 2.55 bits per heavy atom. The number of hydrogen-bond acceptors (Lipinski definition) is 2. The summed E-state index contributed by atoms with van der Waals surface area (Å²) >= 11 is 6.66. The minimum absolute atomic E-state index is 0.242. The molecule has 0 atom stereocenters. The highest BCUT2D eigenvalue weighted by molar-refractivity contribution is 9.10. The van der Waals surface area contributed by atoms with Gasteiger partial charge in [0, 0.05) is 14.5 Å². The van der Waals surface area contributed by atoms with Gasteiger partial charge >= 0.3 is 0 Å². The van der Waals surface area contributed by atoms with Gasteiger partial charge in [-0.3, -0.25) is 4.79 Å². The first-order chi connectivity index (χ1) is 9.49. The summed E-state index contributed by atoms with van der Waals surface area (Å²) in [4.78, 5) is 12.2. The number of anilines is 1. The van der Waals surface area contributed by atoms with Crippen LogP contribution in [0.4, 0.5) is 5.69 Å². The number of carbonyl (C=O) groups is 1. The summed E-state index contributed by atoms with van der Waals surface area (Å²) in [6.45, 7) is 1.92. The Kier molecular flexibility index (Phi) is 4.58. The fraction of sp³-hybridized carbons (Fsp3) is 0.0667. The Morgan fingerprint density at radius 1 is 1.15 bits per heavy atom. The number of nitriles is 1. The fourth-order valence-corrected chi connectivity index (χ4v) is 2.75. The quantitative estimate of drug-likeness (QED) is 0.807. The zero-order valence-corrected chi connectivity index (χ0v) is 13.7. The Balaban J connectivity index is 2.30. The van der Waals surface area contributed by atoms with E-state index in [9.17, 15) is 4.79 Å². The van der Waals surface area contributed by atoms with Crippen molar-refractivity contribution in [3.8, 4) is 6.07 Å². The number of carbonyl (C=O) groups excluding carboxylic acids is 1. The molecule has 0 aliphatic heterocycles. The maximum absolute atomic E-state index is 12.2. The van der Waals surface area contributed by atoms with E-state index in [1.807, 2.05) is 13.0 Å². The highest BCUT2D eigenvalue weighted by Crippen LogP contribution is 2.22. The molecule has 0 aromatic heterocycles. The molecule has 0 radical (unpaired) electrons. The highest BCUT2D eigenvalue weighted by atomic mass is 79.9. The normalized spacial score (nSPS) is 9.90. The monoisotopic (exact) mass is 392 g/mol. The number of amides is 1. The maximum atomic E-state index is 12.2. The van der Waals surface area contributed by atoms with Crippen molar-refractivity contribution in [2.75, 3.05) is 5.32 Å². The first kappa shape index (κ1) is 14.8. The van der Waals surface area contributed by atoms with Crippen LogP contribution in [0.15, 0.2) is 45.3 Å². The van der Waals surface area contributed by atoms with Crippen LogP contribution in [-0.4, -0.2) is 5.91 Å². The second-order valence-corrected chi connectivity index (χ2v) is 6.10. The number of nitrogens with one attached hydrogen (secondary N) is 1. The third kappa shape index (κ3) is 3.47. The first-order valence-electron chi connectivity index (χ1n) is 5.78. The van der Waals surface area contributed by atoms with Crippen LogP contribution in [-0.2, 0) is 0 Å². The van der Waals surface area contributed by atoms with Crippen molar-refractivity contribution in [3.63, 3.8) is 0 Å². The molecule has 20 heavy (non-hydrogen) atoms. The SMILES string of the molecule is Cc1cc(Br)cc(C(=O)Nc2ccc(Br)cc2C#N)c1. The molecule has 0 aliphatic carbocycles. The molecular formula is C15H10Br2N2O. The Bertz CT molecular complexity index is 700. The van der Waals surface area contributed by atoms with E-state index in [2.05, 4.69) is 43.2 Å². The molecule has 0 unspecified atom stereocenters. The maximum Gasteiger partial charge on any atom is 0.255 e. The molecular weight excluding hydrogens is 384 g/mol. The van der Waals surface area contributed by atoms with Gasteiger partial charge in [-0.2, -0.15) is 5.26 Å². The lowest BCUT2D eigenvalue weighted by molar-refractivity contribution is 0.102. The lowest BCUT2D eigenvalue weighted by atomic mass is 10.1. The van der Waals surface area contributed by atoms with Gasteiger partial charge in [0.1, 0.15) is 6.07 Å². The van der Waals surface area contributed by atoms with E-state index in [0.717, 1.165) is 14.5 Å². The Labute approximate surface area is 133 Å². The number of hydrogen-bond donors (Lipinski definition) is 1. The summed E-state index contributed by atoms with van der Waals surface area (Å²) in [6, 6.07) is 12.7. The standard InChI is InChI=1S/C15H10Br2N2O/c1-9-4-10(6-13(17)5-9)15(20)19-14-3-2-12(16)7-11(14)8-18/h2-7H,1H3,(H,19,20). The van der Waals surface area contributed by atoms with E-state index in [-0.39, 0.29) is 5.91 Å². The van der Waals surface area contributed by atoms with Gasteiger partial charge in [-0.15, -0.1) is 0 Å². The molecule has 0 saturated carbocycles. The molecule has 0 bridgehead atoms. The second-order valence-electron chi connectivity index (χ2n) is 4.27. The zero-order valence-electron chi connectivity index (χ0n) is 10.6. The Hall–Kier alpha value is -1.64. The van der Waals surface area contributed by atoms with Gasteiger partial charge in [-0.25, -0.2) is 0 Å². The summed E-state index contributed by atoms with van der Waals surface area (Å²) in [5.41, 5.74) is 2.45. The minimum Gasteiger partial charge on any atom is -0.321 e. The van der Waals surface area contributed by atoms with E-state index in [1.165, 1.54) is 0 Å². The van der Waals surface area contributed by atoms with Crippen molar-refractivity contribution in [2.45, 2.75) is 6.92 Å². The fourth-order valence-electron chi connectivity index (χ4n) is 1.78. The molecule has 1 N–H and O–H groups in total. The molecule has 0 fully saturated rings. The molecule has 1 amide bonds. The zero-order chi connectivity index (χ0) is 14.7. The smallest absolute Gasteiger partial charge is 0.255 e. The molecule has 100 valence electrons. The number of nitrogens with zero attached hydrogens (tertiary/aromatic N) is 1. The third-order valence-corrected chi connectivity index (χ3v) is 3.61. The van der Waals surface area contributed by atoms with E-state index < -0.39 is 0 Å². The predicted octanol–water partition coefficient (Wildman–Crippen LogP) is 4.64. The number of halogens is 2. The molecule has 0 heterocycles. The van der Waals surface area contributed by atoms with Crippen LogP contribution in [0.25, 0.3) is 0 Å². The van der Waals surface area contributed by atoms with Gasteiger partial charge in [0.25, 0.3) is 5.91 Å². The van der Waals surface area contributed by atoms with Crippen LogP contribution in [0.3, 0.4) is 0 Å². The van der Waals surface area contributed by atoms with E-state index in [1.54, 1.807) is 30.3 Å². The lowest BCUT2D eigenvalue weighted by Crippen LogP contribution is -2.13. The average Bonchev–Trinajstić information content (AvgIpc) is 2.39. The number of rotatable bonds is 2. The molecule has 2 rings (SSSR count). The molecule has 0 aliphatic rings. The van der Waals surface area contributed by atoms with Gasteiger partial charge in [-0.05, 0) is 48.9 Å². The molecule has 2 aromatic carbocycles. The summed E-state index contributed by atoms with van der Waals surface area (Å²) in [5.74, 6) is -0.242. The predicted molar refractivity (Wildman–Crippen MR) is 85.7 cm³/mol. The second kappa shape index (κ2) is 6.21. The van der Waals surface area contributed by atoms with Crippen molar-refractivity contribution >= 4 is 43.5 Å². The van der Waals surface area contributed by atoms with Gasteiger partial charge in [0.15, 0.2) is 0 Å². The van der Waals surface area contributed by atoms with E-state index in [0.29, 0.717) is 16.8 Å². The topological polar surface area (TPSA) is 52.9 Å². The van der Waals surface area contributed by atoms with Gasteiger partial charge in [0.2, 0.25) is 0 Å². The van der Waals surface area contributed by atoms with Crippen LogP contribution in [0.1, 0.15) is 21.5 Å². The van der Waals surface area contributed by atoms with Crippen LogP contribution in [0.5, 0.6) is 0 Å². The van der Waals surface area contributed by atoms with Crippen molar-refractivity contribution < 1.29 is 4.79 Å². The lowest BCUT2D eigenvalue weighted by Gasteiger charge is -2.08. The van der Waals surface area contributed by atoms with Crippen LogP contribution in [0, 0.1) is 18.3 Å². The number of aryl methyl sites for hydroxylation is 1. The van der Waals surface area contributed by atoms with E-state index >= 15 is 0 Å². The summed E-state index contributed by atoms with van der Waals surface area (Å²) in [6.07, 6.45) is 0. The molecule has 2 aromatic rings. The molecule has 0 spiro atoms. The van der Waals surface area contributed by atoms with Crippen molar-refractivity contribution in [1.82, 2.24) is 0 Å². The molecule has 0 saturated heterocycles. The summed E-state index contributed by atoms with van der Waals surface area (Å²) in [7, 11) is 0. The first-order valence-corrected chi connectivity index (χ1v) is 7.36. The van der Waals surface area contributed by atoms with Crippen molar-refractivity contribution in [2.24, 2.45) is 0 Å². The van der Waals surface area contributed by atoms with Crippen LogP contribution in [0.2, 0.25) is 0 Å². The highest BCUT2D eigenvalue weighted by Gasteiger charge is 2.10. The van der Waals surface area contributed by atoms with Gasteiger partial charge in [0.05, 0.1) is 11.3 Å². The molecule has 5 heteroatoms. The van der Waals surface area contributed by atoms with Gasteiger partial charge in [-0.1, -0.05) is 31.9 Å². The minimum atomic E-state index is -0.242. The van der Waals surface area contributed by atoms with Crippen molar-refractivity contribution in [3.05, 3.63) is 62.0 Å². The third-order valence-electron chi connectivity index (χ3n) is 2.65. The molecule has 3 nitrogen and oxygen atoms in total. The van der Waals surface area contributed by atoms with Crippen LogP contribution >= 0.6 is 31.9 Å². The summed E-state index contributed by atoms with van der Waals surface area (Å²) in [5, 5.41) is 11.8. The van der Waals surface area contributed by atoms with E-state index in [4.69, 9.17) is 5.26 Å². The van der Waals surface area contributed by atoms with Gasteiger partial charge < -0.3 is 5.32 Å².